The molecule has 46 heavy (non-hydrogen) atoms. The Kier molecular flexibility index (Phi) is 7.78. The van der Waals surface area contributed by atoms with Crippen molar-refractivity contribution in [1.82, 2.24) is 29.2 Å². The average molecular weight is 682 g/mol. The van der Waals surface area contributed by atoms with Crippen molar-refractivity contribution in [2.24, 2.45) is 5.73 Å². The fraction of sp³-hybridized carbons (Fsp3) is 0.0625. The topological polar surface area (TPSA) is 141 Å². The predicted molar refractivity (Wildman–Crippen MR) is 184 cm³/mol. The minimum atomic E-state index is -0.958. The van der Waals surface area contributed by atoms with Gasteiger partial charge in [0.2, 0.25) is 0 Å². The van der Waals surface area contributed by atoms with Gasteiger partial charge in [-0.3, -0.25) is 4.79 Å². The van der Waals surface area contributed by atoms with Crippen LogP contribution >= 0.6 is 45.3 Å². The molecule has 10 nitrogen and oxygen atoms in total. The molecule has 6 aromatic heterocycles. The van der Waals surface area contributed by atoms with Crippen LogP contribution in [0.1, 0.15) is 30.7 Å². The van der Waals surface area contributed by atoms with E-state index in [4.69, 9.17) is 10.7 Å². The summed E-state index contributed by atoms with van der Waals surface area (Å²) in [5, 5.41) is 23.9. The van der Waals surface area contributed by atoms with Crippen molar-refractivity contribution in [2.45, 2.75) is 13.8 Å². The zero-order valence-corrected chi connectivity index (χ0v) is 27.5. The van der Waals surface area contributed by atoms with Crippen molar-refractivity contribution in [3.63, 3.8) is 0 Å². The van der Waals surface area contributed by atoms with Crippen LogP contribution in [-0.4, -0.2) is 46.2 Å². The molecule has 0 aliphatic heterocycles. The molecule has 0 aliphatic rings. The summed E-state index contributed by atoms with van der Waals surface area (Å²) in [6, 6.07) is 19.0. The van der Waals surface area contributed by atoms with Gasteiger partial charge in [0, 0.05) is 34.3 Å². The number of aryl methyl sites for hydroxylation is 2. The van der Waals surface area contributed by atoms with Crippen molar-refractivity contribution in [2.75, 3.05) is 0 Å². The Balaban J connectivity index is 0.000000147. The molecule has 0 spiro atoms. The van der Waals surface area contributed by atoms with Gasteiger partial charge >= 0.3 is 5.97 Å². The lowest BCUT2D eigenvalue weighted by Gasteiger charge is -1.98. The third-order valence-electron chi connectivity index (χ3n) is 7.04. The molecule has 6 heterocycles. The zero-order chi connectivity index (χ0) is 31.9. The summed E-state index contributed by atoms with van der Waals surface area (Å²) in [7, 11) is 0. The summed E-state index contributed by atoms with van der Waals surface area (Å²) in [4.78, 5) is 35.5. The molecule has 0 fully saturated rings. The first-order chi connectivity index (χ1) is 22.3. The van der Waals surface area contributed by atoms with Crippen molar-refractivity contribution in [3.05, 3.63) is 105 Å². The third-order valence-corrected chi connectivity index (χ3v) is 10.9. The minimum absolute atomic E-state index is 0.251. The van der Waals surface area contributed by atoms with Gasteiger partial charge in [0.1, 0.15) is 29.4 Å². The van der Waals surface area contributed by atoms with Gasteiger partial charge in [-0.15, -0.1) is 45.3 Å². The number of nitrogens with zero attached hydrogens (tertiary/aromatic N) is 6. The minimum Gasteiger partial charge on any atom is -0.477 e. The second kappa shape index (κ2) is 12.1. The van der Waals surface area contributed by atoms with Gasteiger partial charge in [0.15, 0.2) is 0 Å². The number of hydrogen-bond donors (Lipinski definition) is 2. The Morgan fingerprint density at radius 2 is 1.13 bits per heavy atom. The van der Waals surface area contributed by atoms with Crippen molar-refractivity contribution >= 4 is 66.9 Å². The largest absolute Gasteiger partial charge is 0.477 e. The average Bonchev–Trinajstić information content (AvgIpc) is 3.88. The summed E-state index contributed by atoms with van der Waals surface area (Å²) < 4.78 is 3.64. The number of hydrogen-bond acceptors (Lipinski definition) is 10. The lowest BCUT2D eigenvalue weighted by atomic mass is 10.1. The molecular weight excluding hydrogens is 659 g/mol. The van der Waals surface area contributed by atoms with Crippen molar-refractivity contribution in [3.8, 4) is 43.7 Å². The number of primary amides is 1. The number of aromatic carboxylic acids is 1. The maximum absolute atomic E-state index is 11.9. The summed E-state index contributed by atoms with van der Waals surface area (Å²) in [6.07, 6.45) is 3.80. The number of aromatic nitrogens is 6. The van der Waals surface area contributed by atoms with Gasteiger partial charge in [0.25, 0.3) is 5.91 Å². The van der Waals surface area contributed by atoms with Gasteiger partial charge in [-0.1, -0.05) is 60.7 Å². The Bertz CT molecular complexity index is 2200. The van der Waals surface area contributed by atoms with E-state index < -0.39 is 11.9 Å². The Morgan fingerprint density at radius 1 is 0.696 bits per heavy atom. The van der Waals surface area contributed by atoms with Crippen LogP contribution in [0, 0.1) is 13.8 Å². The van der Waals surface area contributed by atoms with E-state index >= 15 is 0 Å². The molecule has 0 unspecified atom stereocenters. The van der Waals surface area contributed by atoms with E-state index in [0.717, 1.165) is 48.3 Å². The smallest absolute Gasteiger partial charge is 0.348 e. The lowest BCUT2D eigenvalue weighted by Crippen LogP contribution is -2.10. The van der Waals surface area contributed by atoms with Crippen LogP contribution in [0.4, 0.5) is 0 Å². The van der Waals surface area contributed by atoms with Gasteiger partial charge in [-0.2, -0.15) is 10.2 Å². The van der Waals surface area contributed by atoms with E-state index in [1.165, 1.54) is 22.7 Å². The molecule has 1 amide bonds. The number of benzene rings is 2. The predicted octanol–water partition coefficient (Wildman–Crippen LogP) is 7.79. The summed E-state index contributed by atoms with van der Waals surface area (Å²) in [5.41, 5.74) is 12.0. The molecule has 8 aromatic rings. The van der Waals surface area contributed by atoms with E-state index in [0.29, 0.717) is 21.3 Å². The van der Waals surface area contributed by atoms with Crippen LogP contribution in [0.5, 0.6) is 0 Å². The first-order valence-electron chi connectivity index (χ1n) is 13.8. The van der Waals surface area contributed by atoms with Crippen LogP contribution in [0.15, 0.2) is 83.8 Å². The van der Waals surface area contributed by atoms with E-state index in [1.54, 1.807) is 27.2 Å². The van der Waals surface area contributed by atoms with E-state index in [2.05, 4.69) is 15.2 Å². The van der Waals surface area contributed by atoms with Crippen LogP contribution in [0.2, 0.25) is 0 Å². The molecule has 0 saturated heterocycles. The van der Waals surface area contributed by atoms with Crippen LogP contribution < -0.4 is 5.73 Å². The Morgan fingerprint density at radius 3 is 1.57 bits per heavy atom. The van der Waals surface area contributed by atoms with E-state index in [-0.39, 0.29) is 4.88 Å². The van der Waals surface area contributed by atoms with Crippen LogP contribution in [0.25, 0.3) is 53.3 Å². The molecule has 3 N–H and O–H groups in total. The molecule has 0 saturated carbocycles. The summed E-state index contributed by atoms with van der Waals surface area (Å²) in [5.74, 6) is -1.42. The monoisotopic (exact) mass is 681 g/mol. The lowest BCUT2D eigenvalue weighted by molar-refractivity contribution is 0.0702. The SMILES string of the molecule is Cc1nn2ccsc2c1-c1nc(-c2ccccc2)c(C(=O)O)s1.Cc1nn2ccsc2c1-c1nc(-c2ccccc2)c(C(N)=O)s1. The van der Waals surface area contributed by atoms with E-state index in [9.17, 15) is 14.7 Å². The normalized spacial score (nSPS) is 11.2. The number of fused-ring (bicyclic) bond motifs is 2. The van der Waals surface area contributed by atoms with E-state index in [1.807, 2.05) is 102 Å². The highest BCUT2D eigenvalue weighted by Crippen LogP contribution is 2.39. The highest BCUT2D eigenvalue weighted by atomic mass is 32.1. The number of nitrogens with two attached hydrogens (primary N) is 1. The molecule has 228 valence electrons. The molecule has 0 radical (unpaired) electrons. The first kappa shape index (κ1) is 29.7. The number of rotatable bonds is 6. The second-order valence-corrected chi connectivity index (χ2v) is 13.8. The number of thiazole rings is 4. The highest BCUT2D eigenvalue weighted by Gasteiger charge is 2.24. The quantitative estimate of drug-likeness (QED) is 0.183. The number of carboxylic acid groups (broad SMARTS) is 1. The number of carbonyl (C=O) groups is 2. The molecule has 14 heteroatoms. The maximum Gasteiger partial charge on any atom is 0.348 e. The molecule has 2 aromatic carbocycles. The Hall–Kier alpha value is -5.02. The van der Waals surface area contributed by atoms with Gasteiger partial charge in [0.05, 0.1) is 33.9 Å². The number of amides is 1. The summed E-state index contributed by atoms with van der Waals surface area (Å²) in [6.45, 7) is 3.86. The summed E-state index contributed by atoms with van der Waals surface area (Å²) >= 11 is 5.68. The standard InChI is InChI=1S/C16H12N4OS2.C16H11N3O2S2/c1-9-11(16-20(19-9)7-8-22-16)15-18-12(13(23-15)14(17)21)10-5-3-2-4-6-10;1-9-11(15-19(18-9)7-8-22-15)14-17-12(13(23-14)16(20)21)10-5-3-2-4-6-10/h2-8H,1H3,(H2,17,21);2-8H,1H3,(H,20,21). The fourth-order valence-corrected chi connectivity index (χ4v) is 8.97. The fourth-order valence-electron chi connectivity index (χ4n) is 5.03. The number of carboxylic acids is 1. The first-order valence-corrected chi connectivity index (χ1v) is 17.2. The molecule has 0 atom stereocenters. The van der Waals surface area contributed by atoms with Gasteiger partial charge in [-0.05, 0) is 13.8 Å². The molecule has 0 bridgehead atoms. The van der Waals surface area contributed by atoms with Gasteiger partial charge in [-0.25, -0.2) is 23.8 Å². The third kappa shape index (κ3) is 5.30. The molecule has 8 rings (SSSR count). The zero-order valence-electron chi connectivity index (χ0n) is 24.2. The number of carbonyl (C=O) groups excluding carboxylic acids is 1. The van der Waals surface area contributed by atoms with Crippen molar-refractivity contribution < 1.29 is 14.7 Å². The van der Waals surface area contributed by atoms with Crippen LogP contribution in [0.3, 0.4) is 0 Å². The van der Waals surface area contributed by atoms with Gasteiger partial charge < -0.3 is 10.8 Å². The molecule has 0 aliphatic carbocycles. The highest BCUT2D eigenvalue weighted by molar-refractivity contribution is 7.20. The second-order valence-electron chi connectivity index (χ2n) is 10.0. The molecular formula is C32H23N7O3S4. The van der Waals surface area contributed by atoms with Crippen molar-refractivity contribution in [1.29, 1.82) is 0 Å². The maximum atomic E-state index is 11.9. The Labute approximate surface area is 277 Å². The van der Waals surface area contributed by atoms with Crippen LogP contribution in [-0.2, 0) is 0 Å².